The molecule has 0 heterocycles. The van der Waals surface area contributed by atoms with Crippen LogP contribution in [-0.4, -0.2) is 37.2 Å². The Hall–Kier alpha value is -2.71. The number of nitrogens with one attached hydrogen (secondary N) is 1. The number of carbonyl (C=O) groups is 1. The molecular formula is C24H24ClNO5S. The zero-order chi connectivity index (χ0) is 23.3. The van der Waals surface area contributed by atoms with E-state index >= 15 is 0 Å². The Balaban J connectivity index is 1.59. The molecule has 1 unspecified atom stereocenters. The number of rotatable bonds is 9. The number of aromatic carboxylic acids is 1. The lowest BCUT2D eigenvalue weighted by molar-refractivity contribution is 0.0696. The summed E-state index contributed by atoms with van der Waals surface area (Å²) < 4.78 is 25.6. The standard InChI is InChI=1S/C24H24ClNO5S/c1-16(26-15-23(27)18-4-8-20(25)9-5-18)14-17-2-10-21(11-3-17)32(30,31)22-12-6-19(7-13-22)24(28)29/h2-13,16,23,26-27H,14-15H2,1H3,(H,28,29)/t16?,23-/m0/s1. The average Bonchev–Trinajstić information content (AvgIpc) is 2.78. The van der Waals surface area contributed by atoms with Crippen LogP contribution >= 0.6 is 11.6 Å². The number of benzene rings is 3. The lowest BCUT2D eigenvalue weighted by Crippen LogP contribution is -2.32. The van der Waals surface area contributed by atoms with Crippen LogP contribution in [0, 0.1) is 0 Å². The van der Waals surface area contributed by atoms with E-state index < -0.39 is 21.9 Å². The van der Waals surface area contributed by atoms with Crippen molar-refractivity contribution in [1.29, 1.82) is 0 Å². The fourth-order valence-electron chi connectivity index (χ4n) is 3.26. The van der Waals surface area contributed by atoms with Crippen molar-refractivity contribution in [3.05, 3.63) is 94.5 Å². The number of carboxylic acids is 1. The van der Waals surface area contributed by atoms with Gasteiger partial charge in [0.2, 0.25) is 9.84 Å². The molecule has 0 spiro atoms. The monoisotopic (exact) mass is 473 g/mol. The fraction of sp³-hybridized carbons (Fsp3) is 0.208. The highest BCUT2D eigenvalue weighted by Gasteiger charge is 2.18. The van der Waals surface area contributed by atoms with Crippen LogP contribution in [0.2, 0.25) is 5.02 Å². The van der Waals surface area contributed by atoms with E-state index in [1.165, 1.54) is 24.3 Å². The minimum absolute atomic E-state index is 0.0296. The quantitative estimate of drug-likeness (QED) is 0.432. The Morgan fingerprint density at radius 2 is 1.47 bits per heavy atom. The molecule has 0 aliphatic heterocycles. The maximum Gasteiger partial charge on any atom is 0.335 e. The van der Waals surface area contributed by atoms with Crippen LogP contribution in [0.4, 0.5) is 0 Å². The number of sulfone groups is 1. The summed E-state index contributed by atoms with van der Waals surface area (Å²) in [6, 6.07) is 18.8. The van der Waals surface area contributed by atoms with Gasteiger partial charge in [0, 0.05) is 17.6 Å². The van der Waals surface area contributed by atoms with Crippen molar-refractivity contribution in [2.24, 2.45) is 0 Å². The van der Waals surface area contributed by atoms with E-state index in [9.17, 15) is 18.3 Å². The van der Waals surface area contributed by atoms with Crippen molar-refractivity contribution < 1.29 is 23.4 Å². The predicted molar refractivity (Wildman–Crippen MR) is 123 cm³/mol. The van der Waals surface area contributed by atoms with Crippen LogP contribution < -0.4 is 5.32 Å². The summed E-state index contributed by atoms with van der Waals surface area (Å²) >= 11 is 5.87. The smallest absolute Gasteiger partial charge is 0.335 e. The first-order valence-electron chi connectivity index (χ1n) is 10.0. The molecule has 0 aliphatic rings. The van der Waals surface area contributed by atoms with E-state index in [1.807, 2.05) is 6.92 Å². The lowest BCUT2D eigenvalue weighted by Gasteiger charge is -2.18. The molecule has 0 bridgehead atoms. The third-order valence-electron chi connectivity index (χ3n) is 5.10. The molecule has 0 radical (unpaired) electrons. The van der Waals surface area contributed by atoms with Gasteiger partial charge in [0.25, 0.3) is 0 Å². The molecule has 0 saturated carbocycles. The van der Waals surface area contributed by atoms with Crippen LogP contribution in [0.1, 0.15) is 34.5 Å². The largest absolute Gasteiger partial charge is 0.478 e. The van der Waals surface area contributed by atoms with Gasteiger partial charge in [0.1, 0.15) is 0 Å². The zero-order valence-corrected chi connectivity index (χ0v) is 19.0. The van der Waals surface area contributed by atoms with Gasteiger partial charge in [-0.1, -0.05) is 35.9 Å². The van der Waals surface area contributed by atoms with Crippen LogP contribution in [-0.2, 0) is 16.3 Å². The predicted octanol–water partition coefficient (Wildman–Crippen LogP) is 4.13. The molecule has 2 atom stereocenters. The van der Waals surface area contributed by atoms with Crippen molar-refractivity contribution in [2.45, 2.75) is 35.3 Å². The van der Waals surface area contributed by atoms with Gasteiger partial charge in [0.05, 0.1) is 21.5 Å². The van der Waals surface area contributed by atoms with E-state index in [4.69, 9.17) is 16.7 Å². The number of hydrogen-bond donors (Lipinski definition) is 3. The molecule has 3 N–H and O–H groups in total. The van der Waals surface area contributed by atoms with Crippen molar-refractivity contribution in [1.82, 2.24) is 5.32 Å². The fourth-order valence-corrected chi connectivity index (χ4v) is 4.65. The molecule has 3 aromatic carbocycles. The Labute approximate surface area is 192 Å². The highest BCUT2D eigenvalue weighted by molar-refractivity contribution is 7.91. The molecule has 3 rings (SSSR count). The number of aliphatic hydroxyl groups excluding tert-OH is 1. The Bertz CT molecular complexity index is 1160. The summed E-state index contributed by atoms with van der Waals surface area (Å²) in [5.74, 6) is -1.11. The first kappa shape index (κ1) is 23.9. The second kappa shape index (κ2) is 10.3. The van der Waals surface area contributed by atoms with Gasteiger partial charge in [0.15, 0.2) is 0 Å². The van der Waals surface area contributed by atoms with Crippen molar-refractivity contribution in [2.75, 3.05) is 6.54 Å². The minimum atomic E-state index is -3.73. The molecule has 0 fully saturated rings. The summed E-state index contributed by atoms with van der Waals surface area (Å²) in [7, 11) is -3.73. The van der Waals surface area contributed by atoms with E-state index in [2.05, 4.69) is 5.32 Å². The highest BCUT2D eigenvalue weighted by Crippen LogP contribution is 2.22. The Kier molecular flexibility index (Phi) is 7.69. The van der Waals surface area contributed by atoms with E-state index in [0.717, 1.165) is 11.1 Å². The molecule has 0 aliphatic carbocycles. The summed E-state index contributed by atoms with van der Waals surface area (Å²) in [5.41, 5.74) is 1.76. The van der Waals surface area contributed by atoms with Gasteiger partial charge in [-0.05, 0) is 73.0 Å². The Morgan fingerprint density at radius 3 is 2.00 bits per heavy atom. The second-order valence-electron chi connectivity index (χ2n) is 7.56. The minimum Gasteiger partial charge on any atom is -0.478 e. The number of carboxylic acid groups (broad SMARTS) is 1. The van der Waals surface area contributed by atoms with Crippen molar-refractivity contribution in [3.8, 4) is 0 Å². The first-order chi connectivity index (χ1) is 15.2. The maximum absolute atomic E-state index is 12.8. The summed E-state index contributed by atoms with van der Waals surface area (Å²) in [6.45, 7) is 2.37. The third kappa shape index (κ3) is 5.95. The van der Waals surface area contributed by atoms with Crippen LogP contribution in [0.15, 0.2) is 82.6 Å². The third-order valence-corrected chi connectivity index (χ3v) is 7.14. The number of hydrogen-bond acceptors (Lipinski definition) is 5. The van der Waals surface area contributed by atoms with Crippen LogP contribution in [0.3, 0.4) is 0 Å². The second-order valence-corrected chi connectivity index (χ2v) is 9.94. The number of halogens is 1. The molecule has 0 amide bonds. The van der Waals surface area contributed by atoms with Gasteiger partial charge in [-0.3, -0.25) is 0 Å². The molecule has 3 aromatic rings. The van der Waals surface area contributed by atoms with Crippen molar-refractivity contribution >= 4 is 27.4 Å². The molecule has 0 aromatic heterocycles. The molecular weight excluding hydrogens is 450 g/mol. The average molecular weight is 474 g/mol. The van der Waals surface area contributed by atoms with Gasteiger partial charge in [-0.25, -0.2) is 13.2 Å². The SMILES string of the molecule is CC(Cc1ccc(S(=O)(=O)c2ccc(C(=O)O)cc2)cc1)NC[C@H](O)c1ccc(Cl)cc1. The molecule has 8 heteroatoms. The highest BCUT2D eigenvalue weighted by atomic mass is 35.5. The van der Waals surface area contributed by atoms with Gasteiger partial charge >= 0.3 is 5.97 Å². The van der Waals surface area contributed by atoms with E-state index in [0.29, 0.717) is 18.0 Å². The van der Waals surface area contributed by atoms with Gasteiger partial charge in [-0.15, -0.1) is 0 Å². The summed E-state index contributed by atoms with van der Waals surface area (Å²) in [6.07, 6.45) is -0.00389. The van der Waals surface area contributed by atoms with Gasteiger partial charge < -0.3 is 15.5 Å². The lowest BCUT2D eigenvalue weighted by atomic mass is 10.1. The molecule has 6 nitrogen and oxygen atoms in total. The first-order valence-corrected chi connectivity index (χ1v) is 11.9. The van der Waals surface area contributed by atoms with E-state index in [-0.39, 0.29) is 21.4 Å². The number of aliphatic hydroxyl groups is 1. The summed E-state index contributed by atoms with van der Waals surface area (Å²) in [5, 5.41) is 23.2. The molecule has 32 heavy (non-hydrogen) atoms. The normalized spacial score (nSPS) is 13.5. The molecule has 168 valence electrons. The maximum atomic E-state index is 12.8. The van der Waals surface area contributed by atoms with Crippen molar-refractivity contribution in [3.63, 3.8) is 0 Å². The van der Waals surface area contributed by atoms with Crippen LogP contribution in [0.5, 0.6) is 0 Å². The topological polar surface area (TPSA) is 104 Å². The van der Waals surface area contributed by atoms with Gasteiger partial charge in [-0.2, -0.15) is 0 Å². The van der Waals surface area contributed by atoms with E-state index in [1.54, 1.807) is 48.5 Å². The Morgan fingerprint density at radius 1 is 0.938 bits per heavy atom. The van der Waals surface area contributed by atoms with Crippen LogP contribution in [0.25, 0.3) is 0 Å². The molecule has 0 saturated heterocycles. The zero-order valence-electron chi connectivity index (χ0n) is 17.4. The summed E-state index contributed by atoms with van der Waals surface area (Å²) in [4.78, 5) is 11.1.